The van der Waals surface area contributed by atoms with Gasteiger partial charge in [0, 0.05) is 6.54 Å². The van der Waals surface area contributed by atoms with Crippen LogP contribution in [-0.4, -0.2) is 67.4 Å². The van der Waals surface area contributed by atoms with Crippen molar-refractivity contribution in [1.29, 1.82) is 0 Å². The molecule has 10 heteroatoms. The van der Waals surface area contributed by atoms with Gasteiger partial charge in [-0.05, 0) is 12.8 Å². The molecule has 0 aromatic carbocycles. The van der Waals surface area contributed by atoms with Crippen molar-refractivity contribution in [3.8, 4) is 6.01 Å². The van der Waals surface area contributed by atoms with Gasteiger partial charge in [-0.25, -0.2) is 9.97 Å². The zero-order valence-corrected chi connectivity index (χ0v) is 15.1. The number of carbonyl (C=O) groups excluding carboxylic acids is 2. The Labute approximate surface area is 153 Å². The summed E-state index contributed by atoms with van der Waals surface area (Å²) in [7, 11) is 0. The van der Waals surface area contributed by atoms with Gasteiger partial charge in [0.05, 0.1) is 29.7 Å². The monoisotopic (exact) mass is 386 g/mol. The lowest BCUT2D eigenvalue weighted by Crippen LogP contribution is -2.48. The number of ether oxygens (including phenoxy) is 1. The van der Waals surface area contributed by atoms with Gasteiger partial charge in [0.15, 0.2) is 0 Å². The molecule has 2 fully saturated rings. The third kappa shape index (κ3) is 4.14. The van der Waals surface area contributed by atoms with Crippen LogP contribution >= 0.6 is 35.6 Å². The van der Waals surface area contributed by atoms with Gasteiger partial charge in [-0.2, -0.15) is 0 Å². The van der Waals surface area contributed by atoms with E-state index < -0.39 is 0 Å². The molecule has 128 valence electrons. The normalized spacial score (nSPS) is 21.3. The summed E-state index contributed by atoms with van der Waals surface area (Å²) in [5, 5.41) is 0.437. The third-order valence-corrected chi connectivity index (χ3v) is 5.36. The minimum atomic E-state index is -0.181. The lowest BCUT2D eigenvalue weighted by Gasteiger charge is -2.33. The molecule has 3 rings (SSSR count). The molecule has 0 spiro atoms. The van der Waals surface area contributed by atoms with E-state index in [9.17, 15) is 9.59 Å². The van der Waals surface area contributed by atoms with Crippen LogP contribution in [0.25, 0.3) is 0 Å². The molecule has 7 nitrogen and oxygen atoms in total. The second kappa shape index (κ2) is 7.62. The summed E-state index contributed by atoms with van der Waals surface area (Å²) in [4.78, 5) is 35.3. The number of halogens is 1. The lowest BCUT2D eigenvalue weighted by molar-refractivity contribution is -0.138. The fourth-order valence-electron chi connectivity index (χ4n) is 2.54. The minimum absolute atomic E-state index is 0.00513. The van der Waals surface area contributed by atoms with E-state index in [2.05, 4.69) is 9.97 Å². The maximum atomic E-state index is 12.4. The number of hydrogen-bond acceptors (Lipinski definition) is 7. The quantitative estimate of drug-likeness (QED) is 0.723. The molecule has 1 atom stereocenters. The molecule has 0 N–H and O–H groups in total. The van der Waals surface area contributed by atoms with Gasteiger partial charge in [-0.1, -0.05) is 35.6 Å². The number of nitrogens with zero attached hydrogens (tertiary/aromatic N) is 4. The fraction of sp³-hybridized carbons (Fsp3) is 0.500. The number of rotatable bonds is 4. The van der Waals surface area contributed by atoms with E-state index in [-0.39, 0.29) is 30.5 Å². The van der Waals surface area contributed by atoms with E-state index >= 15 is 0 Å². The number of likely N-dealkylation sites (tertiary alicyclic amines) is 1. The van der Waals surface area contributed by atoms with Crippen molar-refractivity contribution < 1.29 is 14.3 Å². The second-order valence-corrected chi connectivity index (χ2v) is 7.49. The number of amides is 2. The van der Waals surface area contributed by atoms with Gasteiger partial charge in [0.2, 0.25) is 11.8 Å². The average molecular weight is 387 g/mol. The first-order valence-corrected chi connectivity index (χ1v) is 9.19. The predicted molar refractivity (Wildman–Crippen MR) is 94.0 cm³/mol. The Balaban J connectivity index is 1.56. The van der Waals surface area contributed by atoms with Crippen molar-refractivity contribution >= 4 is 51.7 Å². The lowest BCUT2D eigenvalue weighted by atomic mass is 10.1. The summed E-state index contributed by atoms with van der Waals surface area (Å²) >= 11 is 12.1. The number of piperidine rings is 1. The van der Waals surface area contributed by atoms with Gasteiger partial charge in [0.1, 0.15) is 17.0 Å². The van der Waals surface area contributed by atoms with Crippen molar-refractivity contribution in [3.63, 3.8) is 0 Å². The summed E-state index contributed by atoms with van der Waals surface area (Å²) in [6, 6.07) is 0.242. The highest BCUT2D eigenvalue weighted by Gasteiger charge is 2.32. The van der Waals surface area contributed by atoms with Gasteiger partial charge in [-0.15, -0.1) is 0 Å². The van der Waals surface area contributed by atoms with E-state index in [1.165, 1.54) is 29.1 Å². The van der Waals surface area contributed by atoms with E-state index in [4.69, 9.17) is 28.6 Å². The molecule has 0 radical (unpaired) electrons. The largest absolute Gasteiger partial charge is 0.458 e. The molecule has 0 aliphatic carbocycles. The van der Waals surface area contributed by atoms with Crippen LogP contribution in [-0.2, 0) is 9.59 Å². The van der Waals surface area contributed by atoms with Crippen LogP contribution < -0.4 is 4.74 Å². The van der Waals surface area contributed by atoms with Crippen molar-refractivity contribution in [2.45, 2.75) is 18.9 Å². The topological polar surface area (TPSA) is 75.6 Å². The zero-order valence-electron chi connectivity index (χ0n) is 12.7. The van der Waals surface area contributed by atoms with Crippen LogP contribution in [0.5, 0.6) is 6.01 Å². The molecule has 3 heterocycles. The molecule has 1 aromatic rings. The Morgan fingerprint density at radius 2 is 2.21 bits per heavy atom. The fourth-order valence-corrected chi connectivity index (χ4v) is 3.71. The predicted octanol–water partition coefficient (Wildman–Crippen LogP) is 1.36. The van der Waals surface area contributed by atoms with Gasteiger partial charge < -0.3 is 9.64 Å². The number of thioether (sulfide) groups is 1. The van der Waals surface area contributed by atoms with Crippen LogP contribution in [0.15, 0.2) is 12.4 Å². The third-order valence-electron chi connectivity index (χ3n) is 3.73. The Morgan fingerprint density at radius 3 is 2.88 bits per heavy atom. The molecule has 2 aliphatic heterocycles. The molecule has 1 unspecified atom stereocenters. The van der Waals surface area contributed by atoms with Crippen LogP contribution in [0.3, 0.4) is 0 Å². The number of aromatic nitrogens is 2. The van der Waals surface area contributed by atoms with Crippen molar-refractivity contribution in [3.05, 3.63) is 17.4 Å². The first kappa shape index (κ1) is 17.4. The van der Waals surface area contributed by atoms with Crippen LogP contribution in [0.4, 0.5) is 0 Å². The van der Waals surface area contributed by atoms with Gasteiger partial charge in [-0.3, -0.25) is 14.5 Å². The average Bonchev–Trinajstić information content (AvgIpc) is 2.89. The number of carbonyl (C=O) groups is 2. The first-order valence-electron chi connectivity index (χ1n) is 7.42. The summed E-state index contributed by atoms with van der Waals surface area (Å²) in [5.41, 5.74) is 0. The van der Waals surface area contributed by atoms with Crippen molar-refractivity contribution in [1.82, 2.24) is 19.8 Å². The number of thiocarbonyl (C=S) groups is 1. The summed E-state index contributed by atoms with van der Waals surface area (Å²) < 4.78 is 6.18. The molecule has 2 amide bonds. The molecular weight excluding hydrogens is 372 g/mol. The summed E-state index contributed by atoms with van der Waals surface area (Å²) in [6.45, 7) is 1.07. The summed E-state index contributed by atoms with van der Waals surface area (Å²) in [6.07, 6.45) is 4.38. The maximum Gasteiger partial charge on any atom is 0.316 e. The first-order chi connectivity index (χ1) is 11.5. The van der Waals surface area contributed by atoms with E-state index in [0.717, 1.165) is 12.8 Å². The van der Waals surface area contributed by atoms with Gasteiger partial charge >= 0.3 is 6.01 Å². The molecule has 0 saturated carbocycles. The number of hydrogen-bond donors (Lipinski definition) is 0. The molecule has 0 bridgehead atoms. The van der Waals surface area contributed by atoms with Crippen molar-refractivity contribution in [2.75, 3.05) is 25.4 Å². The minimum Gasteiger partial charge on any atom is -0.458 e. The van der Waals surface area contributed by atoms with Crippen LogP contribution in [0.1, 0.15) is 12.8 Å². The molecular formula is C14H15ClN4O3S2. The standard InChI is InChI=1S/C14H15ClN4O3S2/c15-9-4-16-13(17-5-9)22-10-2-1-3-18(6-10)11(20)7-19-12(21)8-24-14(19)23/h4-5,10H,1-3,6-8H2. The molecule has 1 aromatic heterocycles. The Hall–Kier alpha value is -1.45. The van der Waals surface area contributed by atoms with E-state index in [1.54, 1.807) is 4.90 Å². The highest BCUT2D eigenvalue weighted by atomic mass is 35.5. The Bertz CT molecular complexity index is 642. The zero-order chi connectivity index (χ0) is 17.1. The Morgan fingerprint density at radius 1 is 1.46 bits per heavy atom. The highest BCUT2D eigenvalue weighted by Crippen LogP contribution is 2.20. The highest BCUT2D eigenvalue weighted by molar-refractivity contribution is 8.23. The van der Waals surface area contributed by atoms with Crippen LogP contribution in [0.2, 0.25) is 5.02 Å². The smallest absolute Gasteiger partial charge is 0.316 e. The van der Waals surface area contributed by atoms with Gasteiger partial charge in [0.25, 0.3) is 0 Å². The SMILES string of the molecule is O=C(CN1C(=O)CSC1=S)N1CCCC(Oc2ncc(Cl)cn2)C1. The van der Waals surface area contributed by atoms with E-state index in [1.807, 2.05) is 0 Å². The maximum absolute atomic E-state index is 12.4. The van der Waals surface area contributed by atoms with Crippen molar-refractivity contribution in [2.24, 2.45) is 0 Å². The Kier molecular flexibility index (Phi) is 5.52. The molecule has 24 heavy (non-hydrogen) atoms. The van der Waals surface area contributed by atoms with E-state index in [0.29, 0.717) is 28.2 Å². The second-order valence-electron chi connectivity index (χ2n) is 5.44. The van der Waals surface area contributed by atoms with Crippen LogP contribution in [0, 0.1) is 0 Å². The summed E-state index contributed by atoms with van der Waals surface area (Å²) in [5.74, 6) is 0.0717. The molecule has 2 aliphatic rings. The molecule has 2 saturated heterocycles.